The Morgan fingerprint density at radius 2 is 1.45 bits per heavy atom. The van der Waals surface area contributed by atoms with Crippen molar-refractivity contribution in [3.63, 3.8) is 0 Å². The number of nitrogens with one attached hydrogen (secondary N) is 1. The van der Waals surface area contributed by atoms with Gasteiger partial charge in [-0.25, -0.2) is 35.5 Å². The highest BCUT2D eigenvalue weighted by atomic mass is 19.2. The van der Waals surface area contributed by atoms with Crippen LogP contribution < -0.4 is 5.32 Å². The molecule has 0 fully saturated rings. The van der Waals surface area contributed by atoms with Crippen molar-refractivity contribution in [1.29, 1.82) is 0 Å². The summed E-state index contributed by atoms with van der Waals surface area (Å²) in [7, 11) is 0.929. The van der Waals surface area contributed by atoms with Crippen molar-refractivity contribution in [2.75, 3.05) is 32.1 Å². The Kier molecular flexibility index (Phi) is 5.81. The van der Waals surface area contributed by atoms with E-state index in [9.17, 15) is 40.3 Å². The van der Waals surface area contributed by atoms with Gasteiger partial charge < -0.3 is 20.1 Å². The number of hydrogen-bond acceptors (Lipinski definition) is 5. The maximum atomic E-state index is 14.8. The first kappa shape index (κ1) is 22.3. The number of methoxy groups -OCH3 is 1. The van der Waals surface area contributed by atoms with Crippen molar-refractivity contribution in [2.45, 2.75) is 0 Å². The molecular weight excluding hydrogens is 441 g/mol. The highest BCUT2D eigenvalue weighted by molar-refractivity contribution is 6.09. The molecule has 1 heterocycles. The van der Waals surface area contributed by atoms with E-state index in [1.54, 1.807) is 5.32 Å². The molecule has 0 bridgehead atoms. The van der Waals surface area contributed by atoms with E-state index < -0.39 is 93.5 Å². The fourth-order valence-electron chi connectivity index (χ4n) is 3.07. The monoisotopic (exact) mass is 452 g/mol. The Bertz CT molecular complexity index is 1170. The lowest BCUT2D eigenvalue weighted by Gasteiger charge is -2.16. The molecule has 2 N–H and O–H groups in total. The Labute approximate surface area is 168 Å². The molecule has 1 aliphatic heterocycles. The minimum atomic E-state index is -2.48. The molecule has 0 saturated carbocycles. The van der Waals surface area contributed by atoms with Gasteiger partial charge in [0.25, 0.3) is 5.91 Å². The number of halogens is 7. The Morgan fingerprint density at radius 1 is 0.935 bits per heavy atom. The molecule has 0 saturated heterocycles. The van der Waals surface area contributed by atoms with Crippen LogP contribution in [0, 0.1) is 40.7 Å². The Morgan fingerprint density at radius 3 is 1.97 bits per heavy atom. The number of aliphatic hydroxyl groups is 1. The summed E-state index contributed by atoms with van der Waals surface area (Å²) in [6.45, 7) is -1.31. The van der Waals surface area contributed by atoms with Gasteiger partial charge in [0.15, 0.2) is 40.7 Å². The lowest BCUT2D eigenvalue weighted by molar-refractivity contribution is -0.136. The van der Waals surface area contributed by atoms with Crippen molar-refractivity contribution < 1.29 is 50.2 Å². The van der Waals surface area contributed by atoms with Crippen molar-refractivity contribution in [2.24, 2.45) is 0 Å². The zero-order chi connectivity index (χ0) is 23.2. The molecule has 2 aromatic carbocycles. The normalized spacial score (nSPS) is 14.1. The summed E-state index contributed by atoms with van der Waals surface area (Å²) in [4.78, 5) is 25.2. The smallest absolute Gasteiger partial charge is 0.337 e. The lowest BCUT2D eigenvalue weighted by atomic mass is 10.0. The quantitative estimate of drug-likeness (QED) is 0.316. The number of nitrogens with zero attached hydrogens (tertiary/aromatic N) is 1. The number of fused-ring (bicyclic) bond motifs is 1. The molecule has 31 heavy (non-hydrogen) atoms. The third-order valence-corrected chi connectivity index (χ3v) is 4.54. The van der Waals surface area contributed by atoms with E-state index in [0.717, 1.165) is 12.0 Å². The van der Waals surface area contributed by atoms with Crippen LogP contribution in [0.15, 0.2) is 11.3 Å². The van der Waals surface area contributed by atoms with Crippen molar-refractivity contribution in [1.82, 2.24) is 4.90 Å². The van der Waals surface area contributed by atoms with Gasteiger partial charge in [-0.15, -0.1) is 0 Å². The largest absolute Gasteiger partial charge is 0.466 e. The van der Waals surface area contributed by atoms with E-state index >= 15 is 0 Å². The average Bonchev–Trinajstić information content (AvgIpc) is 3.05. The van der Waals surface area contributed by atoms with Crippen molar-refractivity contribution in [3.05, 3.63) is 52.0 Å². The van der Waals surface area contributed by atoms with E-state index in [4.69, 9.17) is 5.11 Å². The molecule has 166 valence electrons. The molecule has 0 spiro atoms. The average molecular weight is 452 g/mol. The van der Waals surface area contributed by atoms with Crippen LogP contribution in [0.1, 0.15) is 0 Å². The number of anilines is 1. The van der Waals surface area contributed by atoms with E-state index in [2.05, 4.69) is 4.74 Å². The van der Waals surface area contributed by atoms with Crippen molar-refractivity contribution >= 4 is 28.3 Å². The van der Waals surface area contributed by atoms with Crippen LogP contribution in [0.25, 0.3) is 10.8 Å². The molecule has 0 radical (unpaired) electrons. The standard InChI is InChI=1S/C18H11F7N2O4/c1-31-18(30)5-4-27(2-3-28)17(29)15(5)26-16-11(22)7-6(10(21)14(16)25)8(19)12(23)13(24)9(7)20/h26,28H,2-4H2,1H3. The molecule has 13 heteroatoms. The van der Waals surface area contributed by atoms with E-state index in [1.807, 2.05) is 0 Å². The first-order valence-electron chi connectivity index (χ1n) is 8.37. The number of carbonyl (C=O) groups excluding carboxylic acids is 2. The summed E-state index contributed by atoms with van der Waals surface area (Å²) in [6, 6.07) is 0. The maximum Gasteiger partial charge on any atom is 0.337 e. The molecule has 3 rings (SSSR count). The summed E-state index contributed by atoms with van der Waals surface area (Å²) in [5.74, 6) is -18.4. The maximum absolute atomic E-state index is 14.8. The molecule has 0 aliphatic carbocycles. The third-order valence-electron chi connectivity index (χ3n) is 4.54. The summed E-state index contributed by atoms with van der Waals surface area (Å²) in [6.07, 6.45) is 0. The number of amides is 1. The molecule has 1 aliphatic rings. The van der Waals surface area contributed by atoms with Crippen LogP contribution in [0.2, 0.25) is 0 Å². The van der Waals surface area contributed by atoms with E-state index in [-0.39, 0.29) is 6.54 Å². The molecule has 6 nitrogen and oxygen atoms in total. The number of rotatable bonds is 5. The van der Waals surface area contributed by atoms with Crippen LogP contribution in [0.4, 0.5) is 36.4 Å². The summed E-state index contributed by atoms with van der Waals surface area (Å²) in [5, 5.41) is 7.22. The first-order valence-corrected chi connectivity index (χ1v) is 8.37. The second kappa shape index (κ2) is 8.06. The van der Waals surface area contributed by atoms with Gasteiger partial charge in [-0.05, 0) is 0 Å². The summed E-state index contributed by atoms with van der Waals surface area (Å²) < 4.78 is 103. The van der Waals surface area contributed by atoms with Gasteiger partial charge in [0, 0.05) is 6.54 Å². The van der Waals surface area contributed by atoms with Crippen LogP contribution in [-0.2, 0) is 14.3 Å². The molecule has 1 amide bonds. The van der Waals surface area contributed by atoms with Gasteiger partial charge in [0.2, 0.25) is 0 Å². The van der Waals surface area contributed by atoms with Gasteiger partial charge in [-0.1, -0.05) is 0 Å². The highest BCUT2D eigenvalue weighted by Crippen LogP contribution is 2.37. The Hall–Kier alpha value is -3.35. The van der Waals surface area contributed by atoms with Gasteiger partial charge in [-0.2, -0.15) is 0 Å². The van der Waals surface area contributed by atoms with Gasteiger partial charge >= 0.3 is 5.97 Å². The van der Waals surface area contributed by atoms with Gasteiger partial charge in [0.05, 0.1) is 36.6 Å². The number of hydrogen-bond donors (Lipinski definition) is 2. The second-order valence-corrected chi connectivity index (χ2v) is 6.24. The number of benzene rings is 2. The van der Waals surface area contributed by atoms with E-state index in [1.165, 1.54) is 0 Å². The molecule has 0 aromatic heterocycles. The van der Waals surface area contributed by atoms with Crippen LogP contribution in [-0.4, -0.2) is 48.7 Å². The molecule has 0 unspecified atom stereocenters. The van der Waals surface area contributed by atoms with Gasteiger partial charge in [0.1, 0.15) is 11.4 Å². The molecule has 0 atom stereocenters. The van der Waals surface area contributed by atoms with Crippen molar-refractivity contribution in [3.8, 4) is 0 Å². The van der Waals surface area contributed by atoms with Crippen LogP contribution >= 0.6 is 0 Å². The number of β-amino-alcohol motifs (C(OH)–C–C–N with tert-alkyl or cyclic N) is 1. The zero-order valence-electron chi connectivity index (χ0n) is 15.4. The molecule has 2 aromatic rings. The number of esters is 1. The zero-order valence-corrected chi connectivity index (χ0v) is 15.4. The topological polar surface area (TPSA) is 78.9 Å². The SMILES string of the molecule is COC(=O)C1=C(Nc2c(F)c(F)c3c(F)c(F)c(F)c(F)c3c2F)C(=O)N(CCO)C1. The molecular formula is C18H11F7N2O4. The van der Waals surface area contributed by atoms with Gasteiger partial charge in [-0.3, -0.25) is 4.79 Å². The minimum Gasteiger partial charge on any atom is -0.466 e. The number of aliphatic hydroxyl groups excluding tert-OH is 1. The highest BCUT2D eigenvalue weighted by Gasteiger charge is 2.37. The predicted octanol–water partition coefficient (Wildman–Crippen LogP) is 2.49. The first-order chi connectivity index (χ1) is 14.6. The predicted molar refractivity (Wildman–Crippen MR) is 90.0 cm³/mol. The van der Waals surface area contributed by atoms with Crippen LogP contribution in [0.3, 0.4) is 0 Å². The van der Waals surface area contributed by atoms with E-state index in [0.29, 0.717) is 0 Å². The summed E-state index contributed by atoms with van der Waals surface area (Å²) in [5.41, 5.74) is -2.84. The fourth-order valence-corrected chi connectivity index (χ4v) is 3.07. The Balaban J connectivity index is 2.26. The minimum absolute atomic E-state index is 0.300. The lowest BCUT2D eigenvalue weighted by Crippen LogP contribution is -2.31. The van der Waals surface area contributed by atoms with Crippen LogP contribution in [0.5, 0.6) is 0 Å². The summed E-state index contributed by atoms with van der Waals surface area (Å²) >= 11 is 0. The fraction of sp³-hybridized carbons (Fsp3) is 0.222. The third kappa shape index (κ3) is 3.34. The number of carbonyl (C=O) groups is 2. The number of ether oxygens (including phenoxy) is 1. The second-order valence-electron chi connectivity index (χ2n) is 6.24.